The topological polar surface area (TPSA) is 131 Å². The summed E-state index contributed by atoms with van der Waals surface area (Å²) in [5.74, 6) is -1.98. The van der Waals surface area contributed by atoms with E-state index in [-0.39, 0.29) is 58.3 Å². The van der Waals surface area contributed by atoms with Gasteiger partial charge in [-0.1, -0.05) is 60.7 Å². The van der Waals surface area contributed by atoms with E-state index < -0.39 is 47.7 Å². The Morgan fingerprint density at radius 1 is 0.739 bits per heavy atom. The van der Waals surface area contributed by atoms with Crippen LogP contribution in [0.3, 0.4) is 0 Å². The highest BCUT2D eigenvalue weighted by Gasteiger charge is 2.77. The molecule has 3 heterocycles. The number of carbonyl (C=O) groups is 1. The van der Waals surface area contributed by atoms with Crippen molar-refractivity contribution < 1.29 is 52.9 Å². The molecule has 0 spiro atoms. The molecule has 3 aromatic carbocycles. The molecule has 0 radical (unpaired) electrons. The Morgan fingerprint density at radius 2 is 1.33 bits per heavy atom. The first-order valence-electron chi connectivity index (χ1n) is 15.0. The van der Waals surface area contributed by atoms with Crippen LogP contribution in [0.4, 0.5) is 0 Å². The van der Waals surface area contributed by atoms with Crippen LogP contribution in [0.15, 0.2) is 72.0 Å². The zero-order chi connectivity index (χ0) is 32.4. The van der Waals surface area contributed by atoms with Crippen LogP contribution in [0.25, 0.3) is 0 Å². The molecule has 0 saturated carbocycles. The van der Waals surface area contributed by atoms with Gasteiger partial charge in [-0.05, 0) is 11.1 Å². The summed E-state index contributed by atoms with van der Waals surface area (Å²) in [7, 11) is 7.05. The molecule has 3 aromatic rings. The maximum atomic E-state index is 14.2. The van der Waals surface area contributed by atoms with Crippen molar-refractivity contribution in [3.63, 3.8) is 0 Å². The Labute approximate surface area is 266 Å². The molecule has 3 aliphatic heterocycles. The van der Waals surface area contributed by atoms with Crippen LogP contribution >= 0.6 is 0 Å². The van der Waals surface area contributed by atoms with E-state index in [0.29, 0.717) is 0 Å². The molecule has 1 aliphatic carbocycles. The third-order valence-electron chi connectivity index (χ3n) is 9.52. The maximum absolute atomic E-state index is 14.2. The van der Waals surface area contributed by atoms with Crippen molar-refractivity contribution in [2.45, 2.75) is 54.7 Å². The van der Waals surface area contributed by atoms with E-state index in [1.165, 1.54) is 35.5 Å². The van der Waals surface area contributed by atoms with Crippen LogP contribution in [0.5, 0.6) is 23.0 Å². The van der Waals surface area contributed by atoms with Gasteiger partial charge in [-0.25, -0.2) is 0 Å². The molecule has 11 heteroatoms. The van der Waals surface area contributed by atoms with Crippen LogP contribution in [0.2, 0.25) is 0 Å². The summed E-state index contributed by atoms with van der Waals surface area (Å²) < 4.78 is 50.3. The predicted octanol–water partition coefficient (Wildman–Crippen LogP) is 4.21. The number of rotatable bonds is 7. The molecule has 7 rings (SSSR count). The Bertz CT molecular complexity index is 1690. The van der Waals surface area contributed by atoms with Crippen molar-refractivity contribution in [3.05, 3.63) is 94.2 Å². The number of ketones is 1. The SMILES string of the molecule is COc1c2c(c3c(c1OC)[C@@]1(OC)C4=C(C(=O)[C@@H](OC)[C@@]1(OC)O3)[C@H](O)C[C@@H](c1ccccc1)O4)[C@H](O)C[C@@H](c1ccccc1)O2. The molecule has 0 bridgehead atoms. The number of methoxy groups -OCH3 is 5. The quantitative estimate of drug-likeness (QED) is 0.388. The van der Waals surface area contributed by atoms with E-state index in [9.17, 15) is 15.0 Å². The van der Waals surface area contributed by atoms with Crippen LogP contribution in [-0.2, 0) is 29.3 Å². The van der Waals surface area contributed by atoms with Crippen LogP contribution < -0.4 is 18.9 Å². The van der Waals surface area contributed by atoms with Crippen molar-refractivity contribution in [1.82, 2.24) is 0 Å². The minimum absolute atomic E-state index is 0.00446. The highest BCUT2D eigenvalue weighted by Crippen LogP contribution is 2.69. The lowest BCUT2D eigenvalue weighted by Gasteiger charge is -2.51. The van der Waals surface area contributed by atoms with Crippen molar-refractivity contribution in [2.75, 3.05) is 35.5 Å². The van der Waals surface area contributed by atoms with Gasteiger partial charge >= 0.3 is 0 Å². The Hall–Kier alpha value is -4.13. The highest BCUT2D eigenvalue weighted by molar-refractivity contribution is 6.03. The van der Waals surface area contributed by atoms with Gasteiger partial charge in [0.1, 0.15) is 18.0 Å². The number of fused-ring (bicyclic) bond motifs is 6. The molecule has 242 valence electrons. The van der Waals surface area contributed by atoms with Gasteiger partial charge in [0.25, 0.3) is 5.79 Å². The molecule has 0 amide bonds. The van der Waals surface area contributed by atoms with Crippen LogP contribution in [-0.4, -0.2) is 69.5 Å². The third kappa shape index (κ3) is 3.93. The molecular weight excluding hydrogens is 596 g/mol. The lowest BCUT2D eigenvalue weighted by Crippen LogP contribution is -2.69. The fourth-order valence-corrected chi connectivity index (χ4v) is 7.55. The molecule has 46 heavy (non-hydrogen) atoms. The standard InChI is InChI=1S/C35H36O11/c1-39-30-26-28(25-21(37)17-22(18-12-8-6-9-13-18)44-29(25)31(30)40-2)46-35(43-5)33(41-3)27(38)24-20(36)16-23(19-14-10-7-11-15-19)45-32(24)34(26,35)42-4/h6-15,20-23,33,36-37H,16-17H2,1-5H3/t20-,21-,22+,23+,33-,34-,35-/m1/s1. The average molecular weight is 633 g/mol. The van der Waals surface area contributed by atoms with E-state index in [1.807, 2.05) is 60.7 Å². The Kier molecular flexibility index (Phi) is 7.49. The van der Waals surface area contributed by atoms with Gasteiger partial charge in [-0.3, -0.25) is 4.79 Å². The van der Waals surface area contributed by atoms with Gasteiger partial charge in [0.2, 0.25) is 17.1 Å². The first kappa shape index (κ1) is 30.5. The molecular formula is C35H36O11. The second kappa shape index (κ2) is 11.3. The number of hydrogen-bond donors (Lipinski definition) is 2. The van der Waals surface area contributed by atoms with Crippen molar-refractivity contribution in [1.29, 1.82) is 0 Å². The number of aliphatic hydroxyl groups excluding tert-OH is 2. The summed E-state index contributed by atoms with van der Waals surface area (Å²) in [5.41, 5.74) is 0.236. The van der Waals surface area contributed by atoms with Gasteiger partial charge in [-0.15, -0.1) is 0 Å². The van der Waals surface area contributed by atoms with Crippen molar-refractivity contribution >= 4 is 5.78 Å². The van der Waals surface area contributed by atoms with E-state index in [2.05, 4.69) is 0 Å². The normalized spacial score (nSPS) is 31.0. The predicted molar refractivity (Wildman–Crippen MR) is 162 cm³/mol. The van der Waals surface area contributed by atoms with Gasteiger partial charge in [-0.2, -0.15) is 0 Å². The fraction of sp³-hybridized carbons (Fsp3) is 0.400. The number of hydrogen-bond acceptors (Lipinski definition) is 11. The van der Waals surface area contributed by atoms with Gasteiger partial charge in [0, 0.05) is 34.2 Å². The van der Waals surface area contributed by atoms with Gasteiger partial charge in [0.05, 0.1) is 43.1 Å². The molecule has 2 N–H and O–H groups in total. The summed E-state index contributed by atoms with van der Waals surface area (Å²) in [4.78, 5) is 14.2. The first-order chi connectivity index (χ1) is 22.3. The van der Waals surface area contributed by atoms with E-state index in [0.717, 1.165) is 11.1 Å². The van der Waals surface area contributed by atoms with Gasteiger partial charge < -0.3 is 48.1 Å². The summed E-state index contributed by atoms with van der Waals surface area (Å²) in [6.45, 7) is 0. The second-order valence-corrected chi connectivity index (χ2v) is 11.6. The summed E-state index contributed by atoms with van der Waals surface area (Å²) in [6.07, 6.45) is -4.65. The lowest BCUT2D eigenvalue weighted by atomic mass is 9.70. The largest absolute Gasteiger partial charge is 0.492 e. The zero-order valence-corrected chi connectivity index (χ0v) is 26.1. The molecule has 0 unspecified atom stereocenters. The smallest absolute Gasteiger partial charge is 0.285 e. The number of aliphatic hydroxyl groups is 2. The first-order valence-corrected chi connectivity index (χ1v) is 15.0. The lowest BCUT2D eigenvalue weighted by molar-refractivity contribution is -0.310. The van der Waals surface area contributed by atoms with Crippen LogP contribution in [0.1, 0.15) is 53.4 Å². The number of carbonyl (C=O) groups excluding carboxylic acids is 1. The third-order valence-corrected chi connectivity index (χ3v) is 9.52. The molecule has 11 nitrogen and oxygen atoms in total. The van der Waals surface area contributed by atoms with Gasteiger partial charge in [0.15, 0.2) is 23.4 Å². The summed E-state index contributed by atoms with van der Waals surface area (Å²) >= 11 is 0. The molecule has 0 saturated heterocycles. The molecule has 4 aliphatic rings. The van der Waals surface area contributed by atoms with E-state index in [4.69, 9.17) is 37.9 Å². The van der Waals surface area contributed by atoms with Crippen molar-refractivity contribution in [3.8, 4) is 23.0 Å². The van der Waals surface area contributed by atoms with E-state index in [1.54, 1.807) is 0 Å². The Morgan fingerprint density at radius 3 is 1.87 bits per heavy atom. The second-order valence-electron chi connectivity index (χ2n) is 11.6. The molecule has 0 aromatic heterocycles. The van der Waals surface area contributed by atoms with Crippen LogP contribution in [0, 0.1) is 0 Å². The number of Topliss-reactive ketones (excluding diaryl/α,β-unsaturated/α-hetero) is 1. The fourth-order valence-electron chi connectivity index (χ4n) is 7.55. The monoisotopic (exact) mass is 632 g/mol. The minimum Gasteiger partial charge on any atom is -0.492 e. The van der Waals surface area contributed by atoms with E-state index >= 15 is 0 Å². The highest BCUT2D eigenvalue weighted by atomic mass is 16.8. The molecule has 0 fully saturated rings. The average Bonchev–Trinajstić information content (AvgIpc) is 3.39. The maximum Gasteiger partial charge on any atom is 0.285 e. The number of ether oxygens (including phenoxy) is 8. The Balaban J connectivity index is 1.52. The zero-order valence-electron chi connectivity index (χ0n) is 26.1. The van der Waals surface area contributed by atoms with Crippen molar-refractivity contribution in [2.24, 2.45) is 0 Å². The minimum atomic E-state index is -2.03. The molecule has 7 atom stereocenters. The number of benzene rings is 3. The summed E-state index contributed by atoms with van der Waals surface area (Å²) in [6, 6.07) is 18.9. The summed E-state index contributed by atoms with van der Waals surface area (Å²) in [5, 5.41) is 23.4.